The first-order chi connectivity index (χ1) is 14.5. The second kappa shape index (κ2) is 8.28. The normalized spacial score (nSPS) is 15.4. The van der Waals surface area contributed by atoms with Crippen molar-refractivity contribution >= 4 is 28.9 Å². The van der Waals surface area contributed by atoms with Crippen LogP contribution < -0.4 is 10.1 Å². The van der Waals surface area contributed by atoms with Gasteiger partial charge >= 0.3 is 5.97 Å². The second-order valence-corrected chi connectivity index (χ2v) is 8.10. The quantitative estimate of drug-likeness (QED) is 0.546. The van der Waals surface area contributed by atoms with Crippen LogP contribution in [0.3, 0.4) is 0 Å². The molecule has 3 aromatic rings. The summed E-state index contributed by atoms with van der Waals surface area (Å²) < 4.78 is 19.7. The van der Waals surface area contributed by atoms with Gasteiger partial charge in [0, 0.05) is 28.3 Å². The third-order valence-corrected chi connectivity index (χ3v) is 6.26. The van der Waals surface area contributed by atoms with Crippen molar-refractivity contribution in [3.05, 3.63) is 69.7 Å². The number of ether oxygens (including phenoxy) is 1. The number of benzene rings is 2. The van der Waals surface area contributed by atoms with E-state index >= 15 is 0 Å². The molecule has 0 spiro atoms. The lowest BCUT2D eigenvalue weighted by Gasteiger charge is -2.25. The molecular formula is C23H20FNO4S. The lowest BCUT2D eigenvalue weighted by Crippen LogP contribution is -2.23. The van der Waals surface area contributed by atoms with Crippen molar-refractivity contribution in [2.24, 2.45) is 0 Å². The Labute approximate surface area is 177 Å². The monoisotopic (exact) mass is 425 g/mol. The highest BCUT2D eigenvalue weighted by molar-refractivity contribution is 7.15. The molecule has 0 fully saturated rings. The van der Waals surface area contributed by atoms with Gasteiger partial charge in [0.2, 0.25) is 5.91 Å². The highest BCUT2D eigenvalue weighted by atomic mass is 32.1. The molecule has 1 unspecified atom stereocenters. The highest BCUT2D eigenvalue weighted by Crippen LogP contribution is 2.50. The van der Waals surface area contributed by atoms with E-state index < -0.39 is 11.8 Å². The number of nitrogens with one attached hydrogen (secondary N) is 1. The molecule has 2 aromatic carbocycles. The van der Waals surface area contributed by atoms with Crippen LogP contribution >= 0.6 is 11.3 Å². The fraction of sp³-hybridized carbons (Fsp3) is 0.217. The van der Waals surface area contributed by atoms with Gasteiger partial charge in [-0.25, -0.2) is 9.18 Å². The number of carboxylic acid groups (broad SMARTS) is 1. The van der Waals surface area contributed by atoms with Crippen LogP contribution in [0.5, 0.6) is 5.75 Å². The molecule has 0 bridgehead atoms. The maximum Gasteiger partial charge on any atom is 0.346 e. The van der Waals surface area contributed by atoms with Crippen molar-refractivity contribution in [1.29, 1.82) is 0 Å². The van der Waals surface area contributed by atoms with Crippen molar-refractivity contribution in [3.63, 3.8) is 0 Å². The summed E-state index contributed by atoms with van der Waals surface area (Å²) in [5, 5.41) is 12.6. The lowest BCUT2D eigenvalue weighted by atomic mass is 9.88. The van der Waals surface area contributed by atoms with Gasteiger partial charge in [-0.15, -0.1) is 11.3 Å². The fourth-order valence-electron chi connectivity index (χ4n) is 3.72. The van der Waals surface area contributed by atoms with Crippen molar-refractivity contribution in [2.45, 2.75) is 25.7 Å². The van der Waals surface area contributed by atoms with Crippen LogP contribution in [-0.2, 0) is 4.79 Å². The molecule has 2 heterocycles. The van der Waals surface area contributed by atoms with E-state index in [1.807, 2.05) is 31.2 Å². The van der Waals surface area contributed by atoms with Gasteiger partial charge in [0.05, 0.1) is 12.3 Å². The molecule has 0 aliphatic carbocycles. The summed E-state index contributed by atoms with van der Waals surface area (Å²) in [6, 6.07) is 13.3. The molecule has 1 atom stereocenters. The predicted octanol–water partition coefficient (Wildman–Crippen LogP) is 5.52. The summed E-state index contributed by atoms with van der Waals surface area (Å²) in [4.78, 5) is 25.4. The average molecular weight is 425 g/mol. The summed E-state index contributed by atoms with van der Waals surface area (Å²) in [5.41, 5.74) is 2.04. The van der Waals surface area contributed by atoms with Crippen LogP contribution in [0.1, 0.15) is 45.8 Å². The zero-order valence-corrected chi connectivity index (χ0v) is 17.1. The summed E-state index contributed by atoms with van der Waals surface area (Å²) in [5.74, 6) is -1.46. The smallest absolute Gasteiger partial charge is 0.346 e. The summed E-state index contributed by atoms with van der Waals surface area (Å²) in [6.07, 6.45) is 1.03. The van der Waals surface area contributed by atoms with Gasteiger partial charge in [0.25, 0.3) is 0 Å². The van der Waals surface area contributed by atoms with Gasteiger partial charge in [-0.3, -0.25) is 4.79 Å². The molecular weight excluding hydrogens is 405 g/mol. The van der Waals surface area contributed by atoms with E-state index in [4.69, 9.17) is 4.74 Å². The van der Waals surface area contributed by atoms with Gasteiger partial charge in [0.15, 0.2) is 0 Å². The third-order valence-electron chi connectivity index (χ3n) is 4.97. The number of carbonyl (C=O) groups excluding carboxylic acids is 1. The number of carboxylic acids is 1. The fourth-order valence-corrected chi connectivity index (χ4v) is 4.96. The van der Waals surface area contributed by atoms with Gasteiger partial charge in [0.1, 0.15) is 16.4 Å². The molecule has 7 heteroatoms. The number of amides is 1. The minimum atomic E-state index is -1.11. The Morgan fingerprint density at radius 1 is 1.27 bits per heavy atom. The molecule has 4 rings (SSSR count). The molecule has 0 saturated carbocycles. The minimum absolute atomic E-state index is 0.0738. The van der Waals surface area contributed by atoms with E-state index in [0.29, 0.717) is 29.2 Å². The van der Waals surface area contributed by atoms with Crippen molar-refractivity contribution in [1.82, 2.24) is 0 Å². The van der Waals surface area contributed by atoms with Crippen molar-refractivity contribution in [2.75, 3.05) is 11.9 Å². The van der Waals surface area contributed by atoms with Crippen LogP contribution in [0.4, 0.5) is 10.1 Å². The zero-order chi connectivity index (χ0) is 21.3. The highest BCUT2D eigenvalue weighted by Gasteiger charge is 2.35. The summed E-state index contributed by atoms with van der Waals surface area (Å²) in [7, 11) is 0. The Balaban J connectivity index is 1.90. The molecule has 1 aliphatic rings. The predicted molar refractivity (Wildman–Crippen MR) is 114 cm³/mol. The average Bonchev–Trinajstić information content (AvgIpc) is 3.11. The molecule has 30 heavy (non-hydrogen) atoms. The van der Waals surface area contributed by atoms with Crippen molar-refractivity contribution in [3.8, 4) is 16.9 Å². The Kier molecular flexibility index (Phi) is 5.55. The molecule has 0 radical (unpaired) electrons. The zero-order valence-electron chi connectivity index (χ0n) is 16.3. The van der Waals surface area contributed by atoms with E-state index in [0.717, 1.165) is 28.2 Å². The van der Waals surface area contributed by atoms with Gasteiger partial charge in [-0.1, -0.05) is 37.3 Å². The van der Waals surface area contributed by atoms with Gasteiger partial charge in [-0.2, -0.15) is 0 Å². The second-order valence-electron chi connectivity index (χ2n) is 7.05. The Bertz CT molecular complexity index is 1120. The van der Waals surface area contributed by atoms with E-state index in [2.05, 4.69) is 5.32 Å². The molecule has 0 saturated heterocycles. The number of carbonyl (C=O) groups is 2. The first kappa shape index (κ1) is 20.1. The third kappa shape index (κ3) is 3.68. The Morgan fingerprint density at radius 3 is 2.80 bits per heavy atom. The van der Waals surface area contributed by atoms with Crippen molar-refractivity contribution < 1.29 is 23.8 Å². The number of para-hydroxylation sites is 1. The van der Waals surface area contributed by atoms with E-state index in [1.165, 1.54) is 18.2 Å². The first-order valence-electron chi connectivity index (χ1n) is 9.67. The number of anilines is 1. The number of rotatable bonds is 6. The van der Waals surface area contributed by atoms with E-state index in [-0.39, 0.29) is 23.1 Å². The maximum atomic E-state index is 13.9. The summed E-state index contributed by atoms with van der Waals surface area (Å²) >= 11 is 1.12. The van der Waals surface area contributed by atoms with Crippen LogP contribution in [0.15, 0.2) is 48.5 Å². The van der Waals surface area contributed by atoms with Crippen LogP contribution in [0.2, 0.25) is 0 Å². The standard InChI is InChI=1S/C23H20FNO4S/c1-2-10-29-17-9-4-3-8-15(17)16-12-18(26)25-20-19(13-6-5-7-14(24)11-13)22(23(27)28)30-21(16)20/h3-9,11,16H,2,10,12H2,1H3,(H,25,26)(H,27,28). The first-order valence-corrected chi connectivity index (χ1v) is 10.5. The van der Waals surface area contributed by atoms with Crippen LogP contribution in [-0.4, -0.2) is 23.6 Å². The van der Waals surface area contributed by atoms with Crippen LogP contribution in [0, 0.1) is 5.82 Å². The number of hydrogen-bond donors (Lipinski definition) is 2. The van der Waals surface area contributed by atoms with E-state index in [9.17, 15) is 19.1 Å². The number of aromatic carboxylic acids is 1. The van der Waals surface area contributed by atoms with E-state index in [1.54, 1.807) is 6.07 Å². The Hall–Kier alpha value is -3.19. The topological polar surface area (TPSA) is 75.6 Å². The maximum absolute atomic E-state index is 13.9. The number of fused-ring (bicyclic) bond motifs is 1. The van der Waals surface area contributed by atoms with Crippen LogP contribution in [0.25, 0.3) is 11.1 Å². The largest absolute Gasteiger partial charge is 0.493 e. The lowest BCUT2D eigenvalue weighted by molar-refractivity contribution is -0.116. The Morgan fingerprint density at radius 2 is 2.07 bits per heavy atom. The number of thiophene rings is 1. The summed E-state index contributed by atoms with van der Waals surface area (Å²) in [6.45, 7) is 2.56. The number of halogens is 1. The molecule has 1 aromatic heterocycles. The molecule has 2 N–H and O–H groups in total. The minimum Gasteiger partial charge on any atom is -0.493 e. The molecule has 154 valence electrons. The molecule has 1 aliphatic heterocycles. The van der Waals surface area contributed by atoms with Gasteiger partial charge in [-0.05, 0) is 30.2 Å². The SMILES string of the molecule is CCCOc1ccccc1C1CC(=O)Nc2c1sc(C(=O)O)c2-c1cccc(F)c1. The molecule has 5 nitrogen and oxygen atoms in total. The van der Waals surface area contributed by atoms with Gasteiger partial charge < -0.3 is 15.2 Å². The molecule has 1 amide bonds. The number of hydrogen-bond acceptors (Lipinski definition) is 4.